The first kappa shape index (κ1) is 6.62. The summed E-state index contributed by atoms with van der Waals surface area (Å²) in [6.07, 6.45) is 1.58. The minimum Gasteiger partial charge on any atom is -0.392 e. The molecule has 0 aromatic rings. The first-order chi connectivity index (χ1) is 3.31. The Morgan fingerprint density at radius 1 is 2.00 bits per heavy atom. The van der Waals surface area contributed by atoms with Crippen LogP contribution in [-0.4, -0.2) is 7.05 Å². The molecule has 2 N–H and O–H groups in total. The van der Waals surface area contributed by atoms with Gasteiger partial charge in [0, 0.05) is 13.2 Å². The van der Waals surface area contributed by atoms with E-state index in [-0.39, 0.29) is 0 Å². The van der Waals surface area contributed by atoms with E-state index in [0.29, 0.717) is 4.61 Å². The number of rotatable bonds is 2. The largest absolute Gasteiger partial charge is 0.392 e. The predicted molar refractivity (Wildman–Crippen MR) is 31.2 cm³/mol. The summed E-state index contributed by atoms with van der Waals surface area (Å²) in [5.41, 5.74) is 6.38. The first-order valence-corrected chi connectivity index (χ1v) is 2.51. The summed E-state index contributed by atoms with van der Waals surface area (Å²) in [5, 5.41) is 5.74. The molecule has 0 aromatic carbocycles. The van der Waals surface area contributed by atoms with Gasteiger partial charge in [0.15, 0.2) is 0 Å². The molecule has 0 atom stereocenters. The zero-order valence-corrected chi connectivity index (χ0v) is 5.49. The van der Waals surface area contributed by atoms with Gasteiger partial charge in [-0.05, 0) is 15.9 Å². The average Bonchev–Trinajstić information content (AvgIpc) is 1.68. The molecule has 0 aromatic heterocycles. The highest BCUT2D eigenvalue weighted by atomic mass is 79.9. The summed E-state index contributed by atoms with van der Waals surface area (Å²) < 4.78 is 0.495. The highest BCUT2D eigenvalue weighted by molar-refractivity contribution is 9.11. The van der Waals surface area contributed by atoms with Crippen LogP contribution >= 0.6 is 15.9 Å². The van der Waals surface area contributed by atoms with E-state index >= 15 is 0 Å². The molecule has 3 nitrogen and oxygen atoms in total. The second-order valence-corrected chi connectivity index (χ2v) is 1.68. The van der Waals surface area contributed by atoms with Crippen LogP contribution in [0, 0.1) is 5.53 Å². The minimum absolute atomic E-state index is 0.495. The molecule has 0 saturated carbocycles. The number of nitrogens with zero attached hydrogens (tertiary/aromatic N) is 1. The highest BCUT2D eigenvalue weighted by Gasteiger charge is 1.76. The molecule has 0 spiro atoms. The molecule has 0 heterocycles. The topological polar surface area (TPSA) is 48.2 Å². The fourth-order valence-corrected chi connectivity index (χ4v) is 0.380. The Kier molecular flexibility index (Phi) is 3.59. The Morgan fingerprint density at radius 3 is 2.71 bits per heavy atom. The molecule has 7 heavy (non-hydrogen) atoms. The highest BCUT2D eigenvalue weighted by Crippen LogP contribution is 2.01. The molecule has 0 amide bonds. The van der Waals surface area contributed by atoms with Crippen molar-refractivity contribution in [3.63, 3.8) is 0 Å². The SMILES string of the molecule is CN/C=C(/Br)N=N. The zero-order valence-electron chi connectivity index (χ0n) is 3.90. The maximum absolute atomic E-state index is 6.38. The van der Waals surface area contributed by atoms with E-state index in [2.05, 4.69) is 26.4 Å². The van der Waals surface area contributed by atoms with Crippen molar-refractivity contribution in [2.75, 3.05) is 7.05 Å². The van der Waals surface area contributed by atoms with E-state index in [1.54, 1.807) is 13.2 Å². The Labute approximate surface area is 50.4 Å². The van der Waals surface area contributed by atoms with Gasteiger partial charge < -0.3 is 5.32 Å². The van der Waals surface area contributed by atoms with Crippen molar-refractivity contribution in [3.05, 3.63) is 10.8 Å². The lowest BCUT2D eigenvalue weighted by Crippen LogP contribution is -1.91. The van der Waals surface area contributed by atoms with Crippen LogP contribution < -0.4 is 5.32 Å². The standard InChI is InChI=1S/C3H6BrN3/c1-6-2-3(4)7-5/h2,5-6H,1H3/b3-2-,7-5?. The molecule has 0 fully saturated rings. The fraction of sp³-hybridized carbons (Fsp3) is 0.333. The van der Waals surface area contributed by atoms with E-state index in [4.69, 9.17) is 5.53 Å². The van der Waals surface area contributed by atoms with Gasteiger partial charge in [-0.15, -0.1) is 5.11 Å². The Balaban J connectivity index is 3.49. The summed E-state index contributed by atoms with van der Waals surface area (Å²) in [7, 11) is 1.74. The smallest absolute Gasteiger partial charge is 0.143 e. The van der Waals surface area contributed by atoms with Crippen LogP contribution in [0.15, 0.2) is 15.9 Å². The third-order valence-corrected chi connectivity index (χ3v) is 0.776. The Bertz CT molecular complexity index is 88.2. The van der Waals surface area contributed by atoms with Crippen molar-refractivity contribution in [3.8, 4) is 0 Å². The molecule has 40 valence electrons. The van der Waals surface area contributed by atoms with Crippen molar-refractivity contribution < 1.29 is 0 Å². The summed E-state index contributed by atoms with van der Waals surface area (Å²) in [4.78, 5) is 0. The Morgan fingerprint density at radius 2 is 2.57 bits per heavy atom. The second-order valence-electron chi connectivity index (χ2n) is 0.868. The number of hydrogen-bond acceptors (Lipinski definition) is 3. The van der Waals surface area contributed by atoms with Crippen molar-refractivity contribution in [1.29, 1.82) is 5.53 Å². The van der Waals surface area contributed by atoms with Crippen LogP contribution in [0.25, 0.3) is 0 Å². The van der Waals surface area contributed by atoms with Gasteiger partial charge >= 0.3 is 0 Å². The molecule has 0 aliphatic heterocycles. The van der Waals surface area contributed by atoms with Gasteiger partial charge in [0.1, 0.15) is 4.61 Å². The van der Waals surface area contributed by atoms with Crippen molar-refractivity contribution in [1.82, 2.24) is 5.32 Å². The van der Waals surface area contributed by atoms with E-state index in [9.17, 15) is 0 Å². The van der Waals surface area contributed by atoms with Crippen LogP contribution in [0.2, 0.25) is 0 Å². The zero-order chi connectivity index (χ0) is 5.70. The van der Waals surface area contributed by atoms with Gasteiger partial charge in [0.2, 0.25) is 0 Å². The van der Waals surface area contributed by atoms with Gasteiger partial charge in [0.05, 0.1) is 0 Å². The average molecular weight is 164 g/mol. The summed E-state index contributed by atoms with van der Waals surface area (Å²) in [6.45, 7) is 0. The quantitative estimate of drug-likeness (QED) is 0.470. The van der Waals surface area contributed by atoms with Crippen LogP contribution in [-0.2, 0) is 0 Å². The van der Waals surface area contributed by atoms with Crippen molar-refractivity contribution >= 4 is 15.9 Å². The summed E-state index contributed by atoms with van der Waals surface area (Å²) in [5.74, 6) is 0. The minimum atomic E-state index is 0.495. The monoisotopic (exact) mass is 163 g/mol. The van der Waals surface area contributed by atoms with Crippen LogP contribution in [0.4, 0.5) is 0 Å². The third-order valence-electron chi connectivity index (χ3n) is 0.370. The second kappa shape index (κ2) is 3.80. The molecular weight excluding hydrogens is 158 g/mol. The first-order valence-electron chi connectivity index (χ1n) is 1.71. The maximum atomic E-state index is 6.38. The number of nitrogens with one attached hydrogen (secondary N) is 2. The van der Waals surface area contributed by atoms with E-state index in [1.807, 2.05) is 0 Å². The van der Waals surface area contributed by atoms with E-state index in [1.165, 1.54) is 0 Å². The van der Waals surface area contributed by atoms with Gasteiger partial charge in [-0.25, -0.2) is 5.53 Å². The number of halogens is 1. The molecule has 0 rings (SSSR count). The molecule has 0 saturated heterocycles. The van der Waals surface area contributed by atoms with Gasteiger partial charge in [-0.1, -0.05) is 0 Å². The molecule has 0 bridgehead atoms. The van der Waals surface area contributed by atoms with E-state index < -0.39 is 0 Å². The molecule has 0 aliphatic carbocycles. The third kappa shape index (κ3) is 3.45. The lowest BCUT2D eigenvalue weighted by molar-refractivity contribution is 1.05. The lowest BCUT2D eigenvalue weighted by atomic mass is 10.9. The lowest BCUT2D eigenvalue weighted by Gasteiger charge is -1.83. The van der Waals surface area contributed by atoms with Gasteiger partial charge in [0.25, 0.3) is 0 Å². The summed E-state index contributed by atoms with van der Waals surface area (Å²) >= 11 is 2.98. The maximum Gasteiger partial charge on any atom is 0.143 e. The van der Waals surface area contributed by atoms with Crippen LogP contribution in [0.3, 0.4) is 0 Å². The fourth-order valence-electron chi connectivity index (χ4n) is 0.151. The van der Waals surface area contributed by atoms with Crippen LogP contribution in [0.1, 0.15) is 0 Å². The number of hydrogen-bond donors (Lipinski definition) is 2. The van der Waals surface area contributed by atoms with Crippen molar-refractivity contribution in [2.24, 2.45) is 5.11 Å². The Hall–Kier alpha value is -0.380. The van der Waals surface area contributed by atoms with Gasteiger partial charge in [-0.3, -0.25) is 0 Å². The van der Waals surface area contributed by atoms with Gasteiger partial charge in [-0.2, -0.15) is 0 Å². The van der Waals surface area contributed by atoms with Crippen LogP contribution in [0.5, 0.6) is 0 Å². The van der Waals surface area contributed by atoms with Crippen molar-refractivity contribution in [2.45, 2.75) is 0 Å². The molecular formula is C3H6BrN3. The molecule has 0 unspecified atom stereocenters. The summed E-state index contributed by atoms with van der Waals surface area (Å²) in [6, 6.07) is 0. The van der Waals surface area contributed by atoms with E-state index in [0.717, 1.165) is 0 Å². The predicted octanol–water partition coefficient (Wildman–Crippen LogP) is 1.43. The molecule has 0 radical (unpaired) electrons. The normalized spacial score (nSPS) is 10.9. The molecule has 4 heteroatoms. The molecule has 0 aliphatic rings.